The maximum absolute atomic E-state index is 12.2. The minimum absolute atomic E-state index is 0.206. The third-order valence-electron chi connectivity index (χ3n) is 4.28. The summed E-state index contributed by atoms with van der Waals surface area (Å²) in [6.07, 6.45) is 0.469. The Hall–Kier alpha value is -2.95. The summed E-state index contributed by atoms with van der Waals surface area (Å²) in [5, 5.41) is 0. The molecule has 3 rings (SSSR count). The molecule has 2 aromatic carbocycles. The molecule has 1 heterocycles. The summed E-state index contributed by atoms with van der Waals surface area (Å²) in [4.78, 5) is 36.8. The lowest BCUT2D eigenvalue weighted by Crippen LogP contribution is -2.28. The fraction of sp³-hybridized carbons (Fsp3) is 0.250. The molecule has 128 valence electrons. The van der Waals surface area contributed by atoms with Crippen LogP contribution in [-0.4, -0.2) is 17.8 Å². The van der Waals surface area contributed by atoms with E-state index in [-0.39, 0.29) is 31.3 Å². The van der Waals surface area contributed by atoms with E-state index in [2.05, 4.69) is 0 Å². The summed E-state index contributed by atoms with van der Waals surface area (Å²) >= 11 is 0. The van der Waals surface area contributed by atoms with Crippen LogP contribution in [0.15, 0.2) is 42.5 Å². The first kappa shape index (κ1) is 16.9. The van der Waals surface area contributed by atoms with Crippen molar-refractivity contribution in [3.63, 3.8) is 0 Å². The molecule has 0 aromatic heterocycles. The van der Waals surface area contributed by atoms with Crippen LogP contribution in [0.4, 0.5) is 5.69 Å². The molecule has 1 aliphatic rings. The quantitative estimate of drug-likeness (QED) is 0.634. The molecule has 0 unspecified atom stereocenters. The Morgan fingerprint density at radius 3 is 2.28 bits per heavy atom. The van der Waals surface area contributed by atoms with Crippen molar-refractivity contribution in [1.29, 1.82) is 0 Å². The summed E-state index contributed by atoms with van der Waals surface area (Å²) in [7, 11) is 0. The zero-order chi connectivity index (χ0) is 18.0. The minimum Gasteiger partial charge on any atom is -0.457 e. The van der Waals surface area contributed by atoms with Gasteiger partial charge in [-0.1, -0.05) is 23.8 Å². The van der Waals surface area contributed by atoms with Gasteiger partial charge in [0.05, 0.1) is 11.3 Å². The van der Waals surface area contributed by atoms with Crippen molar-refractivity contribution in [3.05, 3.63) is 64.7 Å². The van der Waals surface area contributed by atoms with Gasteiger partial charge in [0.1, 0.15) is 6.61 Å². The van der Waals surface area contributed by atoms with Crippen LogP contribution in [0.5, 0.6) is 0 Å². The van der Waals surface area contributed by atoms with Crippen LogP contribution >= 0.6 is 0 Å². The Kier molecular flexibility index (Phi) is 4.65. The first-order chi connectivity index (χ1) is 12.0. The molecule has 5 heteroatoms. The van der Waals surface area contributed by atoms with Crippen molar-refractivity contribution in [3.8, 4) is 0 Å². The number of carbonyl (C=O) groups is 3. The van der Waals surface area contributed by atoms with Crippen LogP contribution in [0.25, 0.3) is 0 Å². The molecule has 0 radical (unpaired) electrons. The van der Waals surface area contributed by atoms with Gasteiger partial charge in [0.2, 0.25) is 11.8 Å². The average Bonchev–Trinajstić information content (AvgIpc) is 2.94. The van der Waals surface area contributed by atoms with Crippen LogP contribution in [0, 0.1) is 13.8 Å². The van der Waals surface area contributed by atoms with Crippen LogP contribution in [0.3, 0.4) is 0 Å². The number of esters is 1. The smallest absolute Gasteiger partial charge is 0.338 e. The second kappa shape index (κ2) is 6.89. The van der Waals surface area contributed by atoms with Crippen molar-refractivity contribution in [1.82, 2.24) is 0 Å². The number of hydrogen-bond donors (Lipinski definition) is 0. The lowest BCUT2D eigenvalue weighted by Gasteiger charge is -2.14. The molecule has 0 N–H and O–H groups in total. The van der Waals surface area contributed by atoms with Crippen LogP contribution < -0.4 is 4.90 Å². The molecule has 0 saturated carbocycles. The molecule has 25 heavy (non-hydrogen) atoms. The van der Waals surface area contributed by atoms with Crippen molar-refractivity contribution in [2.75, 3.05) is 4.90 Å². The summed E-state index contributed by atoms with van der Waals surface area (Å²) in [6, 6.07) is 12.3. The summed E-state index contributed by atoms with van der Waals surface area (Å²) in [5.41, 5.74) is 4.02. The molecular formula is C20H19NO4. The molecular weight excluding hydrogens is 318 g/mol. The number of imide groups is 1. The second-order valence-corrected chi connectivity index (χ2v) is 6.18. The summed E-state index contributed by atoms with van der Waals surface area (Å²) in [5.74, 6) is -0.864. The Morgan fingerprint density at radius 2 is 1.64 bits per heavy atom. The minimum atomic E-state index is -0.438. The van der Waals surface area contributed by atoms with Crippen LogP contribution in [-0.2, 0) is 20.9 Å². The highest BCUT2D eigenvalue weighted by molar-refractivity contribution is 6.19. The fourth-order valence-electron chi connectivity index (χ4n) is 2.79. The maximum atomic E-state index is 12.2. The highest BCUT2D eigenvalue weighted by atomic mass is 16.5. The van der Waals surface area contributed by atoms with E-state index < -0.39 is 5.97 Å². The van der Waals surface area contributed by atoms with Gasteiger partial charge >= 0.3 is 5.97 Å². The lowest BCUT2D eigenvalue weighted by molar-refractivity contribution is -0.121. The molecule has 0 bridgehead atoms. The molecule has 5 nitrogen and oxygen atoms in total. The van der Waals surface area contributed by atoms with Gasteiger partial charge in [-0.3, -0.25) is 14.5 Å². The maximum Gasteiger partial charge on any atom is 0.338 e. The Labute approximate surface area is 146 Å². The van der Waals surface area contributed by atoms with E-state index in [0.29, 0.717) is 11.3 Å². The zero-order valence-corrected chi connectivity index (χ0v) is 14.2. The topological polar surface area (TPSA) is 63.7 Å². The predicted octanol–water partition coefficient (Wildman–Crippen LogP) is 3.31. The first-order valence-electron chi connectivity index (χ1n) is 8.15. The number of aryl methyl sites for hydroxylation is 2. The van der Waals surface area contributed by atoms with Gasteiger partial charge in [0, 0.05) is 12.8 Å². The van der Waals surface area contributed by atoms with Gasteiger partial charge in [-0.15, -0.1) is 0 Å². The Bertz CT molecular complexity index is 823. The van der Waals surface area contributed by atoms with Crippen molar-refractivity contribution in [2.24, 2.45) is 0 Å². The number of rotatable bonds is 4. The van der Waals surface area contributed by atoms with E-state index >= 15 is 0 Å². The van der Waals surface area contributed by atoms with E-state index in [0.717, 1.165) is 21.6 Å². The van der Waals surface area contributed by atoms with Crippen molar-refractivity contribution in [2.45, 2.75) is 33.3 Å². The van der Waals surface area contributed by atoms with E-state index in [1.54, 1.807) is 24.3 Å². The molecule has 2 aromatic rings. The average molecular weight is 337 g/mol. The summed E-state index contributed by atoms with van der Waals surface area (Å²) < 4.78 is 5.37. The van der Waals surface area contributed by atoms with Gasteiger partial charge in [-0.25, -0.2) is 4.79 Å². The lowest BCUT2D eigenvalue weighted by atomic mass is 10.1. The van der Waals surface area contributed by atoms with E-state index in [4.69, 9.17) is 4.74 Å². The normalized spacial score (nSPS) is 14.1. The van der Waals surface area contributed by atoms with Crippen LogP contribution in [0.2, 0.25) is 0 Å². The molecule has 0 spiro atoms. The number of benzene rings is 2. The number of amides is 2. The van der Waals surface area contributed by atoms with Gasteiger partial charge < -0.3 is 4.74 Å². The molecule has 0 atom stereocenters. The van der Waals surface area contributed by atoms with Crippen LogP contribution in [0.1, 0.15) is 39.9 Å². The highest BCUT2D eigenvalue weighted by Gasteiger charge is 2.30. The van der Waals surface area contributed by atoms with Gasteiger partial charge in [0.15, 0.2) is 0 Å². The molecule has 1 aliphatic heterocycles. The predicted molar refractivity (Wildman–Crippen MR) is 93.2 cm³/mol. The SMILES string of the molecule is Cc1ccc(C)c(COC(=O)c2ccc(N3C(=O)CCC3=O)cc2)c1. The molecule has 0 aliphatic carbocycles. The van der Waals surface area contributed by atoms with E-state index in [1.165, 1.54) is 0 Å². The standard InChI is InChI=1S/C20H19NO4/c1-13-3-4-14(2)16(11-13)12-25-20(24)15-5-7-17(8-6-15)21-18(22)9-10-19(21)23/h3-8,11H,9-10,12H2,1-2H3. The van der Waals surface area contributed by atoms with Gasteiger partial charge in [-0.2, -0.15) is 0 Å². The Balaban J connectivity index is 1.68. The first-order valence-corrected chi connectivity index (χ1v) is 8.15. The van der Waals surface area contributed by atoms with Crippen molar-refractivity contribution >= 4 is 23.5 Å². The monoisotopic (exact) mass is 337 g/mol. The second-order valence-electron chi connectivity index (χ2n) is 6.18. The fourth-order valence-corrected chi connectivity index (χ4v) is 2.79. The zero-order valence-electron chi connectivity index (χ0n) is 14.2. The van der Waals surface area contributed by atoms with E-state index in [1.807, 2.05) is 32.0 Å². The molecule has 1 saturated heterocycles. The number of nitrogens with zero attached hydrogens (tertiary/aromatic N) is 1. The van der Waals surface area contributed by atoms with Gasteiger partial charge in [-0.05, 0) is 49.2 Å². The van der Waals surface area contributed by atoms with Crippen molar-refractivity contribution < 1.29 is 19.1 Å². The third-order valence-corrected chi connectivity index (χ3v) is 4.28. The number of ether oxygens (including phenoxy) is 1. The Morgan fingerprint density at radius 1 is 1.00 bits per heavy atom. The van der Waals surface area contributed by atoms with Gasteiger partial charge in [0.25, 0.3) is 0 Å². The number of anilines is 1. The van der Waals surface area contributed by atoms with E-state index in [9.17, 15) is 14.4 Å². The summed E-state index contributed by atoms with van der Waals surface area (Å²) in [6.45, 7) is 4.17. The molecule has 1 fully saturated rings. The largest absolute Gasteiger partial charge is 0.457 e. The molecule has 2 amide bonds. The number of carbonyl (C=O) groups excluding carboxylic acids is 3. The number of hydrogen-bond acceptors (Lipinski definition) is 4. The third kappa shape index (κ3) is 3.60. The highest BCUT2D eigenvalue weighted by Crippen LogP contribution is 2.23.